The molecular weight excluding hydrogens is 216 g/mol. The summed E-state index contributed by atoms with van der Waals surface area (Å²) in [6, 6.07) is 3.55. The van der Waals surface area contributed by atoms with E-state index in [0.29, 0.717) is 6.54 Å². The van der Waals surface area contributed by atoms with Crippen molar-refractivity contribution >= 4 is 11.7 Å². The van der Waals surface area contributed by atoms with E-state index >= 15 is 0 Å². The van der Waals surface area contributed by atoms with Gasteiger partial charge in [0.1, 0.15) is 11.9 Å². The third-order valence-electron chi connectivity index (χ3n) is 3.08. The number of hydrogen-bond acceptors (Lipinski definition) is 4. The van der Waals surface area contributed by atoms with Gasteiger partial charge in [-0.15, -0.1) is 0 Å². The van der Waals surface area contributed by atoms with Crippen LogP contribution in [0.3, 0.4) is 0 Å². The molecule has 2 rings (SSSR count). The van der Waals surface area contributed by atoms with Crippen molar-refractivity contribution in [1.29, 1.82) is 0 Å². The highest BCUT2D eigenvalue weighted by Crippen LogP contribution is 2.24. The van der Waals surface area contributed by atoms with Crippen LogP contribution in [0.4, 0.5) is 5.82 Å². The van der Waals surface area contributed by atoms with Gasteiger partial charge < -0.3 is 16.0 Å². The van der Waals surface area contributed by atoms with Gasteiger partial charge in [-0.25, -0.2) is 4.98 Å². The zero-order valence-corrected chi connectivity index (χ0v) is 10.2. The standard InChI is InChI=1S/C12H18N4O/c1-8(13)10-4-3-5-14-11(10)16-7-6-15-12(17)9(16)2/h3-5,8-9H,6-7,13H2,1-2H3,(H,15,17)/t8-,9?/m0/s1. The molecule has 1 fully saturated rings. The molecule has 1 saturated heterocycles. The molecule has 3 N–H and O–H groups in total. The number of anilines is 1. The van der Waals surface area contributed by atoms with Gasteiger partial charge in [0.2, 0.25) is 5.91 Å². The van der Waals surface area contributed by atoms with Crippen molar-refractivity contribution in [2.24, 2.45) is 5.73 Å². The summed E-state index contributed by atoms with van der Waals surface area (Å²) in [4.78, 5) is 18.0. The lowest BCUT2D eigenvalue weighted by molar-refractivity contribution is -0.122. The third-order valence-corrected chi connectivity index (χ3v) is 3.08. The van der Waals surface area contributed by atoms with Gasteiger partial charge in [0.15, 0.2) is 0 Å². The minimum atomic E-state index is -0.198. The normalized spacial score (nSPS) is 22.2. The van der Waals surface area contributed by atoms with Crippen LogP contribution < -0.4 is 16.0 Å². The van der Waals surface area contributed by atoms with Gasteiger partial charge in [-0.05, 0) is 19.9 Å². The van der Waals surface area contributed by atoms with Crippen molar-refractivity contribution in [3.63, 3.8) is 0 Å². The largest absolute Gasteiger partial charge is 0.353 e. The minimum Gasteiger partial charge on any atom is -0.353 e. The minimum absolute atomic E-state index is 0.0394. The number of carbonyl (C=O) groups excluding carboxylic acids is 1. The Labute approximate surface area is 101 Å². The Morgan fingerprint density at radius 2 is 2.41 bits per heavy atom. The van der Waals surface area contributed by atoms with Gasteiger partial charge in [-0.2, -0.15) is 0 Å². The Morgan fingerprint density at radius 3 is 3.12 bits per heavy atom. The molecule has 0 aromatic carbocycles. The van der Waals surface area contributed by atoms with E-state index in [-0.39, 0.29) is 18.0 Å². The molecule has 2 heterocycles. The second-order valence-electron chi connectivity index (χ2n) is 4.37. The Bertz CT molecular complexity index is 419. The summed E-state index contributed by atoms with van der Waals surface area (Å²) in [6.07, 6.45) is 1.74. The van der Waals surface area contributed by atoms with E-state index in [0.717, 1.165) is 17.9 Å². The van der Waals surface area contributed by atoms with E-state index in [9.17, 15) is 4.79 Å². The maximum atomic E-state index is 11.6. The smallest absolute Gasteiger partial charge is 0.242 e. The molecule has 0 spiro atoms. The molecule has 5 heteroatoms. The summed E-state index contributed by atoms with van der Waals surface area (Å²) in [5.74, 6) is 0.863. The maximum absolute atomic E-state index is 11.6. The first-order valence-corrected chi connectivity index (χ1v) is 5.86. The van der Waals surface area contributed by atoms with Crippen molar-refractivity contribution in [3.8, 4) is 0 Å². The van der Waals surface area contributed by atoms with E-state index in [1.165, 1.54) is 0 Å². The van der Waals surface area contributed by atoms with E-state index in [1.807, 2.05) is 30.9 Å². The molecule has 1 aromatic heterocycles. The molecule has 1 unspecified atom stereocenters. The quantitative estimate of drug-likeness (QED) is 0.778. The molecular formula is C12H18N4O. The number of carbonyl (C=O) groups is 1. The second kappa shape index (κ2) is 4.71. The lowest BCUT2D eigenvalue weighted by Gasteiger charge is -2.35. The highest BCUT2D eigenvalue weighted by Gasteiger charge is 2.28. The summed E-state index contributed by atoms with van der Waals surface area (Å²) in [5, 5.41) is 2.84. The Hall–Kier alpha value is -1.62. The van der Waals surface area contributed by atoms with Crippen molar-refractivity contribution in [3.05, 3.63) is 23.9 Å². The molecule has 0 aliphatic carbocycles. The molecule has 17 heavy (non-hydrogen) atoms. The Morgan fingerprint density at radius 1 is 1.65 bits per heavy atom. The molecule has 1 aliphatic rings. The summed E-state index contributed by atoms with van der Waals surface area (Å²) in [6.45, 7) is 5.23. The van der Waals surface area contributed by atoms with E-state index in [4.69, 9.17) is 5.73 Å². The van der Waals surface area contributed by atoms with Gasteiger partial charge >= 0.3 is 0 Å². The van der Waals surface area contributed by atoms with Crippen LogP contribution >= 0.6 is 0 Å². The fraction of sp³-hybridized carbons (Fsp3) is 0.500. The Kier molecular flexibility index (Phi) is 3.28. The summed E-state index contributed by atoms with van der Waals surface area (Å²) in [7, 11) is 0. The SMILES string of the molecule is CC1C(=O)NCCN1c1ncccc1[C@H](C)N. The van der Waals surface area contributed by atoms with Crippen LogP contribution in [-0.4, -0.2) is 30.0 Å². The van der Waals surface area contributed by atoms with E-state index in [2.05, 4.69) is 10.3 Å². The average molecular weight is 234 g/mol. The molecule has 1 aliphatic heterocycles. The first-order valence-electron chi connectivity index (χ1n) is 5.86. The summed E-state index contributed by atoms with van der Waals surface area (Å²) >= 11 is 0. The van der Waals surface area contributed by atoms with Gasteiger partial charge in [-0.3, -0.25) is 4.79 Å². The topological polar surface area (TPSA) is 71.2 Å². The number of amides is 1. The zero-order valence-electron chi connectivity index (χ0n) is 10.2. The molecule has 1 aromatic rings. The van der Waals surface area contributed by atoms with Crippen molar-refractivity contribution in [2.75, 3.05) is 18.0 Å². The fourth-order valence-electron chi connectivity index (χ4n) is 2.08. The van der Waals surface area contributed by atoms with Crippen LogP contribution in [0.25, 0.3) is 0 Å². The number of nitrogens with zero attached hydrogens (tertiary/aromatic N) is 2. The summed E-state index contributed by atoms with van der Waals surface area (Å²) < 4.78 is 0. The predicted octanol–water partition coefficient (Wildman–Crippen LogP) is 0.426. The highest BCUT2D eigenvalue weighted by molar-refractivity contribution is 5.86. The molecule has 0 bridgehead atoms. The number of nitrogens with two attached hydrogens (primary N) is 1. The highest BCUT2D eigenvalue weighted by atomic mass is 16.2. The summed E-state index contributed by atoms with van der Waals surface area (Å²) in [5.41, 5.74) is 6.91. The first kappa shape index (κ1) is 11.9. The number of aromatic nitrogens is 1. The van der Waals surface area contributed by atoms with Crippen LogP contribution in [0.5, 0.6) is 0 Å². The third kappa shape index (κ3) is 2.24. The molecule has 0 radical (unpaired) electrons. The van der Waals surface area contributed by atoms with Crippen LogP contribution in [0.2, 0.25) is 0 Å². The lowest BCUT2D eigenvalue weighted by atomic mass is 10.1. The molecule has 1 amide bonds. The monoisotopic (exact) mass is 234 g/mol. The average Bonchev–Trinajstić information content (AvgIpc) is 2.33. The van der Waals surface area contributed by atoms with Crippen LogP contribution in [0, 0.1) is 0 Å². The molecule has 2 atom stereocenters. The maximum Gasteiger partial charge on any atom is 0.242 e. The number of rotatable bonds is 2. The number of nitrogens with one attached hydrogen (secondary N) is 1. The zero-order chi connectivity index (χ0) is 12.4. The Balaban J connectivity index is 2.36. The van der Waals surface area contributed by atoms with Gasteiger partial charge in [0, 0.05) is 30.9 Å². The molecule has 5 nitrogen and oxygen atoms in total. The van der Waals surface area contributed by atoms with Crippen LogP contribution in [0.15, 0.2) is 18.3 Å². The lowest BCUT2D eigenvalue weighted by Crippen LogP contribution is -2.54. The fourth-order valence-corrected chi connectivity index (χ4v) is 2.08. The molecule has 0 saturated carbocycles. The number of pyridine rings is 1. The molecule has 92 valence electrons. The van der Waals surface area contributed by atoms with Gasteiger partial charge in [-0.1, -0.05) is 6.07 Å². The first-order chi connectivity index (χ1) is 8.11. The van der Waals surface area contributed by atoms with Crippen molar-refractivity contribution in [2.45, 2.75) is 25.9 Å². The van der Waals surface area contributed by atoms with Gasteiger partial charge in [0.05, 0.1) is 0 Å². The van der Waals surface area contributed by atoms with E-state index < -0.39 is 0 Å². The number of hydrogen-bond donors (Lipinski definition) is 2. The van der Waals surface area contributed by atoms with Gasteiger partial charge in [0.25, 0.3) is 0 Å². The predicted molar refractivity (Wildman–Crippen MR) is 66.7 cm³/mol. The van der Waals surface area contributed by atoms with E-state index in [1.54, 1.807) is 6.20 Å². The number of piperazine rings is 1. The van der Waals surface area contributed by atoms with Crippen LogP contribution in [-0.2, 0) is 4.79 Å². The van der Waals surface area contributed by atoms with Crippen molar-refractivity contribution < 1.29 is 4.79 Å². The van der Waals surface area contributed by atoms with Crippen LogP contribution in [0.1, 0.15) is 25.5 Å². The second-order valence-corrected chi connectivity index (χ2v) is 4.37. The van der Waals surface area contributed by atoms with Crippen molar-refractivity contribution in [1.82, 2.24) is 10.3 Å².